The largest absolute Gasteiger partial charge is 0.322 e. The van der Waals surface area contributed by atoms with Gasteiger partial charge in [0.05, 0.1) is 11.4 Å². The molecular formula is C29H39N5O2. The molecule has 0 aliphatic rings. The maximum absolute atomic E-state index is 13.2. The molecule has 7 nitrogen and oxygen atoms in total. The van der Waals surface area contributed by atoms with Crippen molar-refractivity contribution in [1.29, 1.82) is 0 Å². The van der Waals surface area contributed by atoms with Crippen LogP contribution in [0.3, 0.4) is 0 Å². The third-order valence-corrected chi connectivity index (χ3v) is 6.01. The molecule has 3 amide bonds. The van der Waals surface area contributed by atoms with Crippen LogP contribution in [-0.2, 0) is 10.2 Å². The van der Waals surface area contributed by atoms with E-state index in [2.05, 4.69) is 38.3 Å². The number of nitrogens with zero attached hydrogens (tertiary/aromatic N) is 3. The van der Waals surface area contributed by atoms with Crippen molar-refractivity contribution < 1.29 is 9.59 Å². The van der Waals surface area contributed by atoms with Gasteiger partial charge in [-0.2, -0.15) is 5.10 Å². The number of para-hydroxylation sites is 1. The average molecular weight is 490 g/mol. The second kappa shape index (κ2) is 11.9. The summed E-state index contributed by atoms with van der Waals surface area (Å²) in [6.07, 6.45) is 2.86. The Balaban J connectivity index is 1.81. The Morgan fingerprint density at radius 3 is 2.39 bits per heavy atom. The zero-order valence-corrected chi connectivity index (χ0v) is 22.4. The topological polar surface area (TPSA) is 79.3 Å². The number of unbranched alkanes of at least 4 members (excludes halogenated alkanes) is 2. The van der Waals surface area contributed by atoms with E-state index in [1.54, 1.807) is 9.58 Å². The summed E-state index contributed by atoms with van der Waals surface area (Å²) >= 11 is 0. The summed E-state index contributed by atoms with van der Waals surface area (Å²) in [5.41, 5.74) is 4.41. The Morgan fingerprint density at radius 1 is 0.972 bits per heavy atom. The summed E-state index contributed by atoms with van der Waals surface area (Å²) in [7, 11) is 0. The first-order valence-electron chi connectivity index (χ1n) is 12.7. The molecule has 3 aromatic rings. The molecule has 0 spiro atoms. The van der Waals surface area contributed by atoms with E-state index >= 15 is 0 Å². The van der Waals surface area contributed by atoms with Crippen LogP contribution in [0.1, 0.15) is 63.8 Å². The molecule has 0 bridgehead atoms. The molecule has 0 aliphatic heterocycles. The molecule has 0 aliphatic carbocycles. The lowest BCUT2D eigenvalue weighted by Gasteiger charge is -2.23. The molecule has 36 heavy (non-hydrogen) atoms. The van der Waals surface area contributed by atoms with E-state index < -0.39 is 0 Å². The summed E-state index contributed by atoms with van der Waals surface area (Å²) < 4.78 is 1.78. The van der Waals surface area contributed by atoms with Crippen molar-refractivity contribution in [1.82, 2.24) is 14.7 Å². The molecule has 0 saturated heterocycles. The quantitative estimate of drug-likeness (QED) is 0.339. The van der Waals surface area contributed by atoms with E-state index in [0.717, 1.165) is 41.8 Å². The molecule has 1 heterocycles. The van der Waals surface area contributed by atoms with Gasteiger partial charge in [0, 0.05) is 23.7 Å². The normalized spacial score (nSPS) is 11.3. The molecule has 1 aromatic heterocycles. The zero-order valence-electron chi connectivity index (χ0n) is 22.4. The molecule has 0 saturated carbocycles. The van der Waals surface area contributed by atoms with Crippen LogP contribution in [0.2, 0.25) is 0 Å². The SMILES string of the molecule is CCCCCN(CC(=O)Nc1cc(C(C)(C)C)nn1-c1ccccc1C)C(=O)Nc1cccc(C)c1. The summed E-state index contributed by atoms with van der Waals surface area (Å²) in [5.74, 6) is 0.327. The highest BCUT2D eigenvalue weighted by molar-refractivity contribution is 5.96. The Bertz CT molecular complexity index is 1190. The van der Waals surface area contributed by atoms with Gasteiger partial charge in [-0.25, -0.2) is 9.48 Å². The molecule has 192 valence electrons. The third-order valence-electron chi connectivity index (χ3n) is 6.01. The highest BCUT2D eigenvalue weighted by Crippen LogP contribution is 2.27. The number of aryl methyl sites for hydroxylation is 2. The smallest absolute Gasteiger partial charge is 0.315 e. The first kappa shape index (κ1) is 27.0. The van der Waals surface area contributed by atoms with Gasteiger partial charge in [0.2, 0.25) is 5.91 Å². The van der Waals surface area contributed by atoms with E-state index in [1.165, 1.54) is 0 Å². The molecule has 0 radical (unpaired) electrons. The summed E-state index contributed by atoms with van der Waals surface area (Å²) in [6, 6.07) is 17.2. The van der Waals surface area contributed by atoms with Crippen LogP contribution in [0.25, 0.3) is 5.69 Å². The Kier molecular flexibility index (Phi) is 8.91. The average Bonchev–Trinajstić information content (AvgIpc) is 3.23. The summed E-state index contributed by atoms with van der Waals surface area (Å²) in [5, 5.41) is 10.8. The molecule has 0 unspecified atom stereocenters. The Morgan fingerprint density at radius 2 is 1.72 bits per heavy atom. The van der Waals surface area contributed by atoms with Gasteiger partial charge in [0.25, 0.3) is 0 Å². The van der Waals surface area contributed by atoms with E-state index in [4.69, 9.17) is 5.10 Å². The van der Waals surface area contributed by atoms with Crippen LogP contribution >= 0.6 is 0 Å². The number of hydrogen-bond donors (Lipinski definition) is 2. The Labute approximate surface area is 214 Å². The number of carbonyl (C=O) groups excluding carboxylic acids is 2. The predicted octanol–water partition coefficient (Wildman–Crippen LogP) is 6.45. The molecule has 0 fully saturated rings. The second-order valence-electron chi connectivity index (χ2n) is 10.3. The van der Waals surface area contributed by atoms with Crippen molar-refractivity contribution in [2.24, 2.45) is 0 Å². The highest BCUT2D eigenvalue weighted by atomic mass is 16.2. The number of urea groups is 1. The predicted molar refractivity (Wildman–Crippen MR) is 147 cm³/mol. The number of amides is 3. The van der Waals surface area contributed by atoms with Crippen LogP contribution in [0.5, 0.6) is 0 Å². The van der Waals surface area contributed by atoms with E-state index in [9.17, 15) is 9.59 Å². The zero-order chi connectivity index (χ0) is 26.3. The monoisotopic (exact) mass is 489 g/mol. The van der Waals surface area contributed by atoms with Crippen LogP contribution in [0.15, 0.2) is 54.6 Å². The molecule has 0 atom stereocenters. The van der Waals surface area contributed by atoms with Crippen molar-refractivity contribution in [3.05, 3.63) is 71.4 Å². The van der Waals surface area contributed by atoms with E-state index in [0.29, 0.717) is 18.1 Å². The number of benzene rings is 2. The lowest BCUT2D eigenvalue weighted by molar-refractivity contribution is -0.116. The first-order chi connectivity index (χ1) is 17.1. The fourth-order valence-electron chi connectivity index (χ4n) is 3.91. The molecule has 2 aromatic carbocycles. The fourth-order valence-corrected chi connectivity index (χ4v) is 3.91. The molecular weight excluding hydrogens is 450 g/mol. The van der Waals surface area contributed by atoms with Crippen molar-refractivity contribution in [2.45, 2.75) is 66.2 Å². The van der Waals surface area contributed by atoms with Crippen LogP contribution in [0.4, 0.5) is 16.3 Å². The van der Waals surface area contributed by atoms with Crippen molar-refractivity contribution in [2.75, 3.05) is 23.7 Å². The number of anilines is 2. The Hall–Kier alpha value is -3.61. The number of carbonyl (C=O) groups is 2. The van der Waals surface area contributed by atoms with Gasteiger partial charge in [0.15, 0.2) is 0 Å². The summed E-state index contributed by atoms with van der Waals surface area (Å²) in [6.45, 7) is 12.8. The maximum atomic E-state index is 13.2. The van der Waals surface area contributed by atoms with Crippen molar-refractivity contribution >= 4 is 23.4 Å². The number of hydrogen-bond acceptors (Lipinski definition) is 3. The highest BCUT2D eigenvalue weighted by Gasteiger charge is 2.23. The first-order valence-corrected chi connectivity index (χ1v) is 12.7. The minimum absolute atomic E-state index is 0.0504. The molecule has 7 heteroatoms. The number of aromatic nitrogens is 2. The van der Waals surface area contributed by atoms with Gasteiger partial charge in [0.1, 0.15) is 12.4 Å². The van der Waals surface area contributed by atoms with Crippen molar-refractivity contribution in [3.63, 3.8) is 0 Å². The molecule has 3 rings (SSSR count). The van der Waals surface area contributed by atoms with Crippen LogP contribution in [-0.4, -0.2) is 39.7 Å². The second-order valence-corrected chi connectivity index (χ2v) is 10.3. The number of rotatable bonds is 9. The van der Waals surface area contributed by atoms with Gasteiger partial charge in [-0.15, -0.1) is 0 Å². The fraction of sp³-hybridized carbons (Fsp3) is 0.414. The van der Waals surface area contributed by atoms with Gasteiger partial charge in [-0.1, -0.05) is 70.9 Å². The van der Waals surface area contributed by atoms with Crippen LogP contribution < -0.4 is 10.6 Å². The van der Waals surface area contributed by atoms with Gasteiger partial charge in [-0.3, -0.25) is 4.79 Å². The lowest BCUT2D eigenvalue weighted by atomic mass is 9.92. The van der Waals surface area contributed by atoms with E-state index in [-0.39, 0.29) is 23.9 Å². The van der Waals surface area contributed by atoms with Gasteiger partial charge in [-0.05, 0) is 49.6 Å². The minimum atomic E-state index is -0.283. The van der Waals surface area contributed by atoms with Crippen molar-refractivity contribution in [3.8, 4) is 5.69 Å². The standard InChI is InChI=1S/C29H39N5O2/c1-7-8-11-17-33(28(36)30-23-15-12-13-21(2)18-23)20-27(35)31-26-19-25(29(4,5)6)32-34(26)24-16-10-9-14-22(24)3/h9-10,12-16,18-19H,7-8,11,17,20H2,1-6H3,(H,30,36)(H,31,35). The van der Waals surface area contributed by atoms with Gasteiger partial charge >= 0.3 is 6.03 Å². The molecule has 2 N–H and O–H groups in total. The maximum Gasteiger partial charge on any atom is 0.322 e. The third kappa shape index (κ3) is 7.20. The summed E-state index contributed by atoms with van der Waals surface area (Å²) in [4.78, 5) is 27.9. The number of nitrogens with one attached hydrogen (secondary N) is 2. The lowest BCUT2D eigenvalue weighted by Crippen LogP contribution is -2.41. The van der Waals surface area contributed by atoms with E-state index in [1.807, 2.05) is 68.4 Å². The van der Waals surface area contributed by atoms with Gasteiger partial charge < -0.3 is 15.5 Å². The van der Waals surface area contributed by atoms with Crippen LogP contribution in [0, 0.1) is 13.8 Å². The minimum Gasteiger partial charge on any atom is -0.315 e.